The molecule has 428 valence electrons. The van der Waals surface area contributed by atoms with Gasteiger partial charge in [-0.1, -0.05) is 302 Å². The van der Waals surface area contributed by atoms with E-state index >= 15 is 0 Å². The van der Waals surface area contributed by atoms with Crippen molar-refractivity contribution < 1.29 is 37.6 Å². The van der Waals surface area contributed by atoms with Crippen LogP contribution < -0.4 is 5.73 Å². The molecule has 0 radical (unpaired) electrons. The van der Waals surface area contributed by atoms with Gasteiger partial charge >= 0.3 is 19.8 Å². The number of esters is 2. The first kappa shape index (κ1) is 70.8. The Morgan fingerprint density at radius 3 is 1.00 bits per heavy atom. The number of nitrogens with two attached hydrogens (primary N) is 1. The zero-order valence-corrected chi connectivity index (χ0v) is 48.8. The van der Waals surface area contributed by atoms with E-state index in [0.717, 1.165) is 51.4 Å². The molecule has 0 aliphatic heterocycles. The quantitative estimate of drug-likeness (QED) is 0.0264. The van der Waals surface area contributed by atoms with Gasteiger partial charge in [0.25, 0.3) is 0 Å². The lowest BCUT2D eigenvalue weighted by atomic mass is 10.0. The Bertz CT molecular complexity index is 1190. The Kier molecular flexibility index (Phi) is 58.0. The third-order valence-electron chi connectivity index (χ3n) is 14.4. The molecule has 0 saturated heterocycles. The number of carbonyl (C=O) groups is 2. The van der Waals surface area contributed by atoms with Crippen molar-refractivity contribution in [2.75, 3.05) is 26.4 Å². The minimum atomic E-state index is -4.38. The second kappa shape index (κ2) is 59.0. The van der Waals surface area contributed by atoms with Gasteiger partial charge in [-0.05, 0) is 38.5 Å². The predicted octanol–water partition coefficient (Wildman–Crippen LogP) is 20.0. The van der Waals surface area contributed by atoms with Crippen LogP contribution in [0.5, 0.6) is 0 Å². The monoisotopic (exact) mass is 1040 g/mol. The Balaban J connectivity index is 3.68. The number of rotatable bonds is 61. The van der Waals surface area contributed by atoms with Gasteiger partial charge in [0.15, 0.2) is 6.10 Å². The maximum atomic E-state index is 12.6. The van der Waals surface area contributed by atoms with Crippen LogP contribution in [-0.2, 0) is 32.7 Å². The molecule has 0 aromatic rings. The third-order valence-corrected chi connectivity index (χ3v) is 15.4. The lowest BCUT2D eigenvalue weighted by molar-refractivity contribution is -0.161. The summed E-state index contributed by atoms with van der Waals surface area (Å²) in [5, 5.41) is 0. The van der Waals surface area contributed by atoms with Crippen molar-refractivity contribution in [2.24, 2.45) is 5.73 Å². The summed E-state index contributed by atoms with van der Waals surface area (Å²) in [4.78, 5) is 35.1. The van der Waals surface area contributed by atoms with E-state index in [4.69, 9.17) is 24.3 Å². The fourth-order valence-corrected chi connectivity index (χ4v) is 10.5. The smallest absolute Gasteiger partial charge is 0.462 e. The zero-order chi connectivity index (χ0) is 52.4. The summed E-state index contributed by atoms with van der Waals surface area (Å²) in [5.74, 6) is -0.821. The van der Waals surface area contributed by atoms with Crippen molar-refractivity contribution in [1.82, 2.24) is 0 Å². The van der Waals surface area contributed by atoms with Crippen molar-refractivity contribution in [3.63, 3.8) is 0 Å². The Morgan fingerprint density at radius 2 is 0.681 bits per heavy atom. The summed E-state index contributed by atoms with van der Waals surface area (Å²) in [6.07, 6.45) is 69.0. The van der Waals surface area contributed by atoms with Crippen molar-refractivity contribution in [3.05, 3.63) is 12.2 Å². The Labute approximate surface area is 447 Å². The number of phosphoric ester groups is 1. The summed E-state index contributed by atoms with van der Waals surface area (Å²) in [5.41, 5.74) is 5.37. The number of ether oxygens (including phenoxy) is 2. The zero-order valence-electron chi connectivity index (χ0n) is 48.0. The van der Waals surface area contributed by atoms with Crippen LogP contribution in [0.15, 0.2) is 12.2 Å². The summed E-state index contributed by atoms with van der Waals surface area (Å²) >= 11 is 0. The SMILES string of the molecule is CCCCCC/C=C\CCCCCCCC(=O)OC(COC(=O)CCCCCCCCCCCCCCCCCCCCCCCCCCCCCCCCCCCCCCCC)COP(=O)(O)OCCN. The first-order valence-electron chi connectivity index (χ1n) is 31.7. The summed E-state index contributed by atoms with van der Waals surface area (Å²) in [6, 6.07) is 0. The molecule has 0 fully saturated rings. The number of carbonyl (C=O) groups excluding carboxylic acids is 2. The normalized spacial score (nSPS) is 13.0. The van der Waals surface area contributed by atoms with Gasteiger partial charge in [0, 0.05) is 19.4 Å². The highest BCUT2D eigenvalue weighted by Gasteiger charge is 2.26. The van der Waals surface area contributed by atoms with Crippen molar-refractivity contribution in [1.29, 1.82) is 0 Å². The molecular formula is C62H122NO8P. The number of unbranched alkanes of at least 4 members (excludes halogenated alkanes) is 46. The minimum Gasteiger partial charge on any atom is -0.462 e. The van der Waals surface area contributed by atoms with Crippen LogP contribution in [0.2, 0.25) is 0 Å². The molecule has 0 aromatic carbocycles. The van der Waals surface area contributed by atoms with Crippen LogP contribution in [0.3, 0.4) is 0 Å². The topological polar surface area (TPSA) is 134 Å². The number of hydrogen-bond acceptors (Lipinski definition) is 8. The van der Waals surface area contributed by atoms with Crippen LogP contribution in [0.25, 0.3) is 0 Å². The number of hydrogen-bond donors (Lipinski definition) is 2. The fourth-order valence-electron chi connectivity index (χ4n) is 9.69. The summed E-state index contributed by atoms with van der Waals surface area (Å²) in [6.45, 7) is 3.77. The molecule has 0 rings (SSSR count). The molecule has 2 atom stereocenters. The molecule has 0 aromatic heterocycles. The largest absolute Gasteiger partial charge is 0.472 e. The first-order valence-corrected chi connectivity index (χ1v) is 33.2. The number of phosphoric acid groups is 1. The molecular weight excluding hydrogens is 918 g/mol. The third kappa shape index (κ3) is 58.0. The fraction of sp³-hybridized carbons (Fsp3) is 0.935. The van der Waals surface area contributed by atoms with E-state index in [-0.39, 0.29) is 38.6 Å². The first-order chi connectivity index (χ1) is 35.3. The van der Waals surface area contributed by atoms with Crippen LogP contribution in [0.4, 0.5) is 0 Å². The van der Waals surface area contributed by atoms with Gasteiger partial charge in [-0.2, -0.15) is 0 Å². The molecule has 0 aliphatic rings. The van der Waals surface area contributed by atoms with Gasteiger partial charge in [-0.3, -0.25) is 18.6 Å². The summed E-state index contributed by atoms with van der Waals surface area (Å²) < 4.78 is 33.0. The van der Waals surface area contributed by atoms with Gasteiger partial charge in [-0.15, -0.1) is 0 Å². The Morgan fingerprint density at radius 1 is 0.403 bits per heavy atom. The maximum Gasteiger partial charge on any atom is 0.472 e. The van der Waals surface area contributed by atoms with Crippen molar-refractivity contribution in [2.45, 2.75) is 347 Å². The van der Waals surface area contributed by atoms with E-state index < -0.39 is 26.5 Å². The average molecular weight is 1040 g/mol. The van der Waals surface area contributed by atoms with Crippen molar-refractivity contribution in [3.8, 4) is 0 Å². The molecule has 0 spiro atoms. The van der Waals surface area contributed by atoms with E-state index in [9.17, 15) is 19.0 Å². The number of allylic oxidation sites excluding steroid dienone is 2. The van der Waals surface area contributed by atoms with Gasteiger partial charge in [0.2, 0.25) is 0 Å². The van der Waals surface area contributed by atoms with Crippen LogP contribution >= 0.6 is 7.82 Å². The van der Waals surface area contributed by atoms with E-state index in [1.165, 1.54) is 257 Å². The van der Waals surface area contributed by atoms with Crippen LogP contribution in [0, 0.1) is 0 Å². The van der Waals surface area contributed by atoms with Gasteiger partial charge in [-0.25, -0.2) is 4.57 Å². The highest BCUT2D eigenvalue weighted by atomic mass is 31.2. The molecule has 3 N–H and O–H groups in total. The highest BCUT2D eigenvalue weighted by Crippen LogP contribution is 2.43. The Hall–Kier alpha value is -1.25. The molecule has 2 unspecified atom stereocenters. The van der Waals surface area contributed by atoms with Gasteiger partial charge in [0.05, 0.1) is 13.2 Å². The second-order valence-corrected chi connectivity index (χ2v) is 23.1. The van der Waals surface area contributed by atoms with E-state index in [2.05, 4.69) is 26.0 Å². The van der Waals surface area contributed by atoms with E-state index in [1.54, 1.807) is 0 Å². The molecule has 9 nitrogen and oxygen atoms in total. The molecule has 0 aliphatic carbocycles. The van der Waals surface area contributed by atoms with E-state index in [0.29, 0.717) is 6.42 Å². The van der Waals surface area contributed by atoms with Gasteiger partial charge in [0.1, 0.15) is 6.61 Å². The van der Waals surface area contributed by atoms with E-state index in [1.807, 2.05) is 0 Å². The predicted molar refractivity (Wildman–Crippen MR) is 308 cm³/mol. The molecule has 72 heavy (non-hydrogen) atoms. The molecule has 0 saturated carbocycles. The molecule has 0 heterocycles. The van der Waals surface area contributed by atoms with Crippen LogP contribution in [-0.4, -0.2) is 49.3 Å². The molecule has 0 amide bonds. The van der Waals surface area contributed by atoms with Crippen LogP contribution in [0.1, 0.15) is 341 Å². The summed E-state index contributed by atoms with van der Waals surface area (Å²) in [7, 11) is -4.38. The molecule has 0 bridgehead atoms. The lowest BCUT2D eigenvalue weighted by Crippen LogP contribution is -2.29. The lowest BCUT2D eigenvalue weighted by Gasteiger charge is -2.19. The maximum absolute atomic E-state index is 12.6. The minimum absolute atomic E-state index is 0.0551. The second-order valence-electron chi connectivity index (χ2n) is 21.6. The highest BCUT2D eigenvalue weighted by molar-refractivity contribution is 7.47. The molecule has 10 heteroatoms. The van der Waals surface area contributed by atoms with Gasteiger partial charge < -0.3 is 20.1 Å². The average Bonchev–Trinajstić information content (AvgIpc) is 3.37. The standard InChI is InChI=1S/C62H122NO8P/c1-3-5-7-9-11-13-15-17-18-19-20-21-22-23-24-25-26-27-28-29-30-31-32-33-34-35-36-37-38-39-40-41-43-44-46-48-50-52-54-61(64)68-58-60(59-70-72(66,67)69-57-56-63)71-62(65)55-53-51-49-47-45-42-16-14-12-10-8-6-4-2/h14,16,60H,3-13,15,17-59,63H2,1-2H3,(H,66,67)/b16-14-. The van der Waals surface area contributed by atoms with Crippen molar-refractivity contribution >= 4 is 19.8 Å².